The Kier molecular flexibility index (Phi) is 3.16. The smallest absolute Gasteiger partial charge is 0.163 e. The van der Waals surface area contributed by atoms with Crippen LogP contribution in [0.4, 0.5) is 5.82 Å². The van der Waals surface area contributed by atoms with Gasteiger partial charge in [0.25, 0.3) is 0 Å². The van der Waals surface area contributed by atoms with E-state index in [0.717, 1.165) is 35.6 Å². The van der Waals surface area contributed by atoms with Crippen LogP contribution < -0.4 is 4.90 Å². The third-order valence-corrected chi connectivity index (χ3v) is 4.71. The first-order valence-corrected chi connectivity index (χ1v) is 7.43. The molecule has 114 valence electrons. The van der Waals surface area contributed by atoms with Crippen molar-refractivity contribution in [1.82, 2.24) is 24.6 Å². The van der Waals surface area contributed by atoms with Gasteiger partial charge in [0.15, 0.2) is 5.65 Å². The summed E-state index contributed by atoms with van der Waals surface area (Å²) in [6, 6.07) is 0.417. The fourth-order valence-electron chi connectivity index (χ4n) is 3.20. The molecule has 6 nitrogen and oxygen atoms in total. The summed E-state index contributed by atoms with van der Waals surface area (Å²) in [6.07, 6.45) is 1.65. The Morgan fingerprint density at radius 1 is 1.24 bits per heavy atom. The number of anilines is 1. The average Bonchev–Trinajstić information content (AvgIpc) is 2.70. The SMILES string of the molecule is Cc1nn(C)c2ncnc(N3CC(C)(C)N(C)C[C@@H]3C)c12. The molecule has 1 aliphatic heterocycles. The molecule has 21 heavy (non-hydrogen) atoms. The fourth-order valence-corrected chi connectivity index (χ4v) is 3.20. The fraction of sp³-hybridized carbons (Fsp3) is 0.667. The molecule has 3 rings (SSSR count). The number of nitrogens with zero attached hydrogens (tertiary/aromatic N) is 6. The minimum absolute atomic E-state index is 0.125. The summed E-state index contributed by atoms with van der Waals surface area (Å²) in [5.41, 5.74) is 2.02. The third-order valence-electron chi connectivity index (χ3n) is 4.71. The van der Waals surface area contributed by atoms with E-state index in [0.29, 0.717) is 6.04 Å². The lowest BCUT2D eigenvalue weighted by molar-refractivity contribution is 0.118. The summed E-state index contributed by atoms with van der Waals surface area (Å²) in [4.78, 5) is 13.8. The number of aromatic nitrogens is 4. The maximum absolute atomic E-state index is 4.59. The van der Waals surface area contributed by atoms with E-state index in [1.54, 1.807) is 6.33 Å². The number of aryl methyl sites for hydroxylation is 2. The van der Waals surface area contributed by atoms with Crippen molar-refractivity contribution in [2.45, 2.75) is 39.3 Å². The molecule has 0 saturated carbocycles. The highest BCUT2D eigenvalue weighted by molar-refractivity contribution is 5.89. The number of hydrogen-bond donors (Lipinski definition) is 0. The molecular formula is C15H24N6. The van der Waals surface area contributed by atoms with Crippen molar-refractivity contribution in [3.05, 3.63) is 12.0 Å². The summed E-state index contributed by atoms with van der Waals surface area (Å²) in [6.45, 7) is 10.8. The second-order valence-corrected chi connectivity index (χ2v) is 6.77. The van der Waals surface area contributed by atoms with E-state index in [9.17, 15) is 0 Å². The van der Waals surface area contributed by atoms with E-state index >= 15 is 0 Å². The Labute approximate surface area is 125 Å². The molecule has 1 aliphatic rings. The molecule has 0 bridgehead atoms. The zero-order chi connectivity index (χ0) is 15.4. The number of piperazine rings is 1. The summed E-state index contributed by atoms with van der Waals surface area (Å²) in [5, 5.41) is 5.58. The predicted octanol–water partition coefficient (Wildman–Crippen LogP) is 1.59. The topological polar surface area (TPSA) is 50.1 Å². The highest BCUT2D eigenvalue weighted by Crippen LogP contribution is 2.31. The van der Waals surface area contributed by atoms with Crippen LogP contribution >= 0.6 is 0 Å². The number of fused-ring (bicyclic) bond motifs is 1. The summed E-state index contributed by atoms with van der Waals surface area (Å²) in [7, 11) is 4.13. The van der Waals surface area contributed by atoms with Gasteiger partial charge in [-0.2, -0.15) is 5.10 Å². The van der Waals surface area contributed by atoms with Crippen LogP contribution in [0.15, 0.2) is 6.33 Å². The number of rotatable bonds is 1. The summed E-state index contributed by atoms with van der Waals surface area (Å²) >= 11 is 0. The predicted molar refractivity (Wildman–Crippen MR) is 84.6 cm³/mol. The summed E-state index contributed by atoms with van der Waals surface area (Å²) in [5.74, 6) is 1.01. The lowest BCUT2D eigenvalue weighted by Crippen LogP contribution is -2.61. The van der Waals surface area contributed by atoms with Crippen LogP contribution in [-0.4, -0.2) is 56.4 Å². The Morgan fingerprint density at radius 2 is 1.95 bits per heavy atom. The van der Waals surface area contributed by atoms with Gasteiger partial charge in [-0.15, -0.1) is 0 Å². The van der Waals surface area contributed by atoms with Gasteiger partial charge >= 0.3 is 0 Å². The maximum Gasteiger partial charge on any atom is 0.163 e. The van der Waals surface area contributed by atoms with Crippen LogP contribution in [0.5, 0.6) is 0 Å². The van der Waals surface area contributed by atoms with E-state index in [1.165, 1.54) is 0 Å². The molecular weight excluding hydrogens is 264 g/mol. The maximum atomic E-state index is 4.59. The minimum atomic E-state index is 0.125. The van der Waals surface area contributed by atoms with Crippen LogP contribution in [0.1, 0.15) is 26.5 Å². The molecule has 0 aromatic carbocycles. The van der Waals surface area contributed by atoms with Crippen LogP contribution in [-0.2, 0) is 7.05 Å². The van der Waals surface area contributed by atoms with Gasteiger partial charge in [0.2, 0.25) is 0 Å². The van der Waals surface area contributed by atoms with Gasteiger partial charge < -0.3 is 4.90 Å². The molecule has 0 amide bonds. The monoisotopic (exact) mass is 288 g/mol. The van der Waals surface area contributed by atoms with Crippen LogP contribution in [0.3, 0.4) is 0 Å². The highest BCUT2D eigenvalue weighted by atomic mass is 15.4. The second-order valence-electron chi connectivity index (χ2n) is 6.77. The average molecular weight is 288 g/mol. The minimum Gasteiger partial charge on any atom is -0.350 e. The first-order valence-electron chi connectivity index (χ1n) is 7.43. The molecule has 2 aromatic rings. The number of hydrogen-bond acceptors (Lipinski definition) is 5. The van der Waals surface area contributed by atoms with Gasteiger partial charge in [0.1, 0.15) is 12.1 Å². The molecule has 0 radical (unpaired) electrons. The van der Waals surface area contributed by atoms with Crippen molar-refractivity contribution in [3.63, 3.8) is 0 Å². The first kappa shape index (κ1) is 14.3. The zero-order valence-electron chi connectivity index (χ0n) is 13.8. The molecule has 1 saturated heterocycles. The summed E-state index contributed by atoms with van der Waals surface area (Å²) < 4.78 is 1.84. The Balaban J connectivity index is 2.12. The molecule has 1 atom stereocenters. The normalized spacial score (nSPS) is 23.0. The molecule has 2 aromatic heterocycles. The molecule has 0 N–H and O–H groups in total. The van der Waals surface area contributed by atoms with Gasteiger partial charge in [-0.05, 0) is 34.7 Å². The Hall–Kier alpha value is -1.69. The molecule has 0 spiro atoms. The van der Waals surface area contributed by atoms with E-state index < -0.39 is 0 Å². The number of likely N-dealkylation sites (N-methyl/N-ethyl adjacent to an activating group) is 1. The molecule has 0 unspecified atom stereocenters. The van der Waals surface area contributed by atoms with Gasteiger partial charge in [0, 0.05) is 31.7 Å². The van der Waals surface area contributed by atoms with Crippen molar-refractivity contribution >= 4 is 16.9 Å². The second kappa shape index (κ2) is 4.66. The van der Waals surface area contributed by atoms with Crippen molar-refractivity contribution in [2.75, 3.05) is 25.0 Å². The van der Waals surface area contributed by atoms with Gasteiger partial charge in [0.05, 0.1) is 11.1 Å². The zero-order valence-corrected chi connectivity index (χ0v) is 13.8. The van der Waals surface area contributed by atoms with E-state index in [1.807, 2.05) is 18.7 Å². The van der Waals surface area contributed by atoms with Gasteiger partial charge in [-0.3, -0.25) is 9.58 Å². The Morgan fingerprint density at radius 3 is 2.67 bits per heavy atom. The lowest BCUT2D eigenvalue weighted by Gasteiger charge is -2.49. The first-order chi connectivity index (χ1) is 9.81. The van der Waals surface area contributed by atoms with Crippen molar-refractivity contribution in [1.29, 1.82) is 0 Å². The lowest BCUT2D eigenvalue weighted by atomic mass is 9.96. The van der Waals surface area contributed by atoms with Gasteiger partial charge in [-0.25, -0.2) is 9.97 Å². The van der Waals surface area contributed by atoms with E-state index in [-0.39, 0.29) is 5.54 Å². The van der Waals surface area contributed by atoms with E-state index in [2.05, 4.69) is 52.7 Å². The quantitative estimate of drug-likeness (QED) is 0.797. The van der Waals surface area contributed by atoms with Crippen molar-refractivity contribution < 1.29 is 0 Å². The van der Waals surface area contributed by atoms with Gasteiger partial charge in [-0.1, -0.05) is 0 Å². The molecule has 3 heterocycles. The largest absolute Gasteiger partial charge is 0.350 e. The van der Waals surface area contributed by atoms with Crippen molar-refractivity contribution in [3.8, 4) is 0 Å². The van der Waals surface area contributed by atoms with E-state index in [4.69, 9.17) is 0 Å². The molecule has 6 heteroatoms. The molecule has 1 fully saturated rings. The van der Waals surface area contributed by atoms with Crippen LogP contribution in [0, 0.1) is 6.92 Å². The van der Waals surface area contributed by atoms with Crippen molar-refractivity contribution in [2.24, 2.45) is 7.05 Å². The standard InChI is InChI=1S/C15H24N6/c1-10-7-19(5)15(3,4)8-21(10)14-12-11(2)18-20(6)13(12)16-9-17-14/h9-10H,7-8H2,1-6H3/t10-/m0/s1. The Bertz CT molecular complexity index is 674. The highest BCUT2D eigenvalue weighted by Gasteiger charge is 2.36. The molecule has 0 aliphatic carbocycles. The third kappa shape index (κ3) is 2.18. The van der Waals surface area contributed by atoms with Crippen LogP contribution in [0.2, 0.25) is 0 Å². The van der Waals surface area contributed by atoms with Crippen LogP contribution in [0.25, 0.3) is 11.0 Å².